The molecule has 0 bridgehead atoms. The zero-order valence-corrected chi connectivity index (χ0v) is 19.6. The van der Waals surface area contributed by atoms with Gasteiger partial charge in [0.25, 0.3) is 0 Å². The van der Waals surface area contributed by atoms with E-state index in [-0.39, 0.29) is 0 Å². The second-order valence-electron chi connectivity index (χ2n) is 9.62. The number of aliphatic carboxylic acids is 1. The number of carbonyl (C=O) groups is 1. The van der Waals surface area contributed by atoms with Crippen LogP contribution in [0.5, 0.6) is 0 Å². The first kappa shape index (κ1) is 22.2. The van der Waals surface area contributed by atoms with Crippen LogP contribution >= 0.6 is 0 Å². The molecule has 3 aromatic rings. The molecule has 2 aliphatic carbocycles. The number of rotatable bonds is 7. The summed E-state index contributed by atoms with van der Waals surface area (Å²) in [6.07, 6.45) is 5.08. The van der Waals surface area contributed by atoms with Gasteiger partial charge in [-0.2, -0.15) is 0 Å². The maximum atomic E-state index is 12.9. The van der Waals surface area contributed by atoms with E-state index in [4.69, 9.17) is 4.74 Å². The summed E-state index contributed by atoms with van der Waals surface area (Å²) < 4.78 is 33.9. The van der Waals surface area contributed by atoms with Crippen LogP contribution in [0.1, 0.15) is 49.8 Å². The Kier molecular flexibility index (Phi) is 5.37. The van der Waals surface area contributed by atoms with Gasteiger partial charge in [-0.3, -0.25) is 4.79 Å². The van der Waals surface area contributed by atoms with Crippen molar-refractivity contribution in [3.05, 3.63) is 71.9 Å². The van der Waals surface area contributed by atoms with Crippen molar-refractivity contribution in [3.8, 4) is 0 Å². The third kappa shape index (κ3) is 3.87. The summed E-state index contributed by atoms with van der Waals surface area (Å²) in [6.45, 7) is 0.566. The third-order valence-corrected chi connectivity index (χ3v) is 8.46. The summed E-state index contributed by atoms with van der Waals surface area (Å²) >= 11 is 0. The zero-order valence-electron chi connectivity index (χ0n) is 18.7. The Hall–Kier alpha value is -2.64. The fourth-order valence-corrected chi connectivity index (χ4v) is 6.40. The van der Waals surface area contributed by atoms with Crippen LogP contribution < -0.4 is 0 Å². The van der Waals surface area contributed by atoms with Crippen LogP contribution in [-0.2, 0) is 30.6 Å². The van der Waals surface area contributed by atoms with Crippen LogP contribution in [0.4, 0.5) is 0 Å². The van der Waals surface area contributed by atoms with Gasteiger partial charge >= 0.3 is 5.97 Å². The summed E-state index contributed by atoms with van der Waals surface area (Å²) in [7, 11) is -3.60. The Balaban J connectivity index is 1.61. The van der Waals surface area contributed by atoms with E-state index < -0.39 is 27.0 Å². The molecule has 2 aromatic carbocycles. The minimum Gasteiger partial charge on any atom is -0.481 e. The second-order valence-corrected chi connectivity index (χ2v) is 11.4. The molecule has 0 saturated heterocycles. The van der Waals surface area contributed by atoms with Crippen molar-refractivity contribution >= 4 is 26.9 Å². The largest absolute Gasteiger partial charge is 0.481 e. The van der Waals surface area contributed by atoms with Gasteiger partial charge in [0, 0.05) is 5.39 Å². The molecular formula is C26H29NO5S. The maximum absolute atomic E-state index is 12.9. The number of benzene rings is 2. The smallest absolute Gasteiger partial charge is 0.314 e. The molecular weight excluding hydrogens is 438 g/mol. The van der Waals surface area contributed by atoms with Crippen molar-refractivity contribution in [2.75, 3.05) is 12.9 Å². The van der Waals surface area contributed by atoms with Gasteiger partial charge in [-0.1, -0.05) is 48.5 Å². The van der Waals surface area contributed by atoms with Gasteiger partial charge in [0.1, 0.15) is 5.60 Å². The minimum atomic E-state index is -3.60. The van der Waals surface area contributed by atoms with Crippen molar-refractivity contribution in [2.24, 2.45) is 5.92 Å². The molecule has 6 nitrogen and oxygen atoms in total. The Morgan fingerprint density at radius 2 is 1.67 bits per heavy atom. The lowest BCUT2D eigenvalue weighted by Crippen LogP contribution is -2.47. The number of hydrogen-bond donors (Lipinski definition) is 1. The summed E-state index contributed by atoms with van der Waals surface area (Å²) in [5.41, 5.74) is 0.173. The summed E-state index contributed by atoms with van der Waals surface area (Å²) in [6, 6.07) is 18.7. The Labute approximate surface area is 194 Å². The molecule has 1 heterocycles. The Morgan fingerprint density at radius 1 is 1.03 bits per heavy atom. The first-order valence-corrected chi connectivity index (χ1v) is 13.3. The molecule has 1 aromatic heterocycles. The molecule has 5 rings (SSSR count). The third-order valence-electron chi connectivity index (χ3n) is 7.40. The predicted octanol–water partition coefficient (Wildman–Crippen LogP) is 4.67. The number of fused-ring (bicyclic) bond motifs is 1. The molecule has 0 amide bonds. The van der Waals surface area contributed by atoms with Crippen LogP contribution in [-0.4, -0.2) is 36.3 Å². The highest BCUT2D eigenvalue weighted by Gasteiger charge is 2.51. The molecule has 1 N–H and O–H groups in total. The van der Waals surface area contributed by atoms with E-state index in [1.807, 2.05) is 60.7 Å². The van der Waals surface area contributed by atoms with Gasteiger partial charge < -0.3 is 9.84 Å². The van der Waals surface area contributed by atoms with Crippen molar-refractivity contribution < 1.29 is 23.1 Å². The topological polar surface area (TPSA) is 85.6 Å². The normalized spacial score (nSPS) is 25.8. The van der Waals surface area contributed by atoms with E-state index in [0.717, 1.165) is 23.8 Å². The standard InChI is InChI=1S/C26H29NO5S/c1-33(30,31)27-22-10-6-5-7-20(22)17-23(27)26(32-18-19-11-12-19)15-13-25(14-16-26,24(28)29)21-8-3-2-4-9-21/h2-10,17,19H,11-16,18H2,1H3,(H,28,29)/t25-,26+. The van der Waals surface area contributed by atoms with E-state index in [1.54, 1.807) is 0 Å². The maximum Gasteiger partial charge on any atom is 0.314 e. The fourth-order valence-electron chi connectivity index (χ4n) is 5.30. The Bertz CT molecular complexity index is 1280. The lowest BCUT2D eigenvalue weighted by atomic mass is 9.64. The van der Waals surface area contributed by atoms with Crippen LogP contribution in [0.2, 0.25) is 0 Å². The summed E-state index contributed by atoms with van der Waals surface area (Å²) in [5.74, 6) is -0.341. The van der Waals surface area contributed by atoms with Crippen LogP contribution in [0, 0.1) is 5.92 Å². The lowest BCUT2D eigenvalue weighted by molar-refractivity contribution is -0.151. The molecule has 0 unspecified atom stereocenters. The number of carboxylic acid groups (broad SMARTS) is 1. The first-order chi connectivity index (χ1) is 15.8. The van der Waals surface area contributed by atoms with Crippen molar-refractivity contribution in [3.63, 3.8) is 0 Å². The van der Waals surface area contributed by atoms with Gasteiger partial charge in [-0.25, -0.2) is 12.4 Å². The number of ether oxygens (including phenoxy) is 1. The van der Waals surface area contributed by atoms with Gasteiger partial charge in [-0.15, -0.1) is 0 Å². The quantitative estimate of drug-likeness (QED) is 0.546. The van der Waals surface area contributed by atoms with Crippen LogP contribution in [0.15, 0.2) is 60.7 Å². The number of hydrogen-bond acceptors (Lipinski definition) is 4. The molecule has 7 heteroatoms. The van der Waals surface area contributed by atoms with Crippen molar-refractivity contribution in [1.29, 1.82) is 0 Å². The number of carboxylic acids is 1. The number of para-hydroxylation sites is 1. The molecule has 33 heavy (non-hydrogen) atoms. The molecule has 2 fully saturated rings. The number of nitrogens with zero attached hydrogens (tertiary/aromatic N) is 1. The summed E-state index contributed by atoms with van der Waals surface area (Å²) in [5, 5.41) is 11.1. The zero-order chi connectivity index (χ0) is 23.3. The van der Waals surface area contributed by atoms with Gasteiger partial charge in [-0.05, 0) is 62.1 Å². The van der Waals surface area contributed by atoms with Gasteiger partial charge in [0.05, 0.1) is 29.5 Å². The molecule has 0 spiro atoms. The van der Waals surface area contributed by atoms with E-state index >= 15 is 0 Å². The fraction of sp³-hybridized carbons (Fsp3) is 0.423. The van der Waals surface area contributed by atoms with E-state index in [2.05, 4.69) is 0 Å². The SMILES string of the molecule is CS(=O)(=O)n1c2ccccc2cc1[C@]1(OCC2CC2)CC[C@](C(=O)O)(c2ccccc2)CC1. The molecule has 0 atom stereocenters. The Morgan fingerprint density at radius 3 is 2.27 bits per heavy atom. The van der Waals surface area contributed by atoms with Crippen molar-refractivity contribution in [1.82, 2.24) is 3.97 Å². The predicted molar refractivity (Wildman–Crippen MR) is 127 cm³/mol. The first-order valence-electron chi connectivity index (χ1n) is 11.5. The molecule has 174 valence electrons. The minimum absolute atomic E-state index is 0.377. The van der Waals surface area contributed by atoms with E-state index in [9.17, 15) is 18.3 Å². The molecule has 2 aliphatic rings. The van der Waals surface area contributed by atoms with Crippen LogP contribution in [0.3, 0.4) is 0 Å². The van der Waals surface area contributed by atoms with Crippen molar-refractivity contribution in [2.45, 2.75) is 49.5 Å². The van der Waals surface area contributed by atoms with E-state index in [0.29, 0.717) is 49.4 Å². The summed E-state index contributed by atoms with van der Waals surface area (Å²) in [4.78, 5) is 12.5. The average Bonchev–Trinajstić information content (AvgIpc) is 3.54. The second kappa shape index (κ2) is 7.99. The lowest BCUT2D eigenvalue weighted by Gasteiger charge is -2.45. The highest BCUT2D eigenvalue weighted by molar-refractivity contribution is 7.89. The highest BCUT2D eigenvalue weighted by atomic mass is 32.2. The molecule has 2 saturated carbocycles. The average molecular weight is 468 g/mol. The molecule has 0 aliphatic heterocycles. The van der Waals surface area contributed by atoms with Crippen LogP contribution in [0.25, 0.3) is 10.9 Å². The monoisotopic (exact) mass is 467 g/mol. The van der Waals surface area contributed by atoms with E-state index in [1.165, 1.54) is 10.2 Å². The molecule has 0 radical (unpaired) electrons. The highest BCUT2D eigenvalue weighted by Crippen LogP contribution is 2.51. The van der Waals surface area contributed by atoms with Gasteiger partial charge in [0.2, 0.25) is 10.0 Å². The van der Waals surface area contributed by atoms with Gasteiger partial charge in [0.15, 0.2) is 0 Å². The number of aromatic nitrogens is 1.